The molecule has 0 fully saturated rings. The lowest BCUT2D eigenvalue weighted by molar-refractivity contribution is 0.351. The lowest BCUT2D eigenvalue weighted by Crippen LogP contribution is -1.99. The fraction of sp³-hybridized carbons (Fsp3) is 0.600. The first-order valence-corrected chi connectivity index (χ1v) is 7.61. The van der Waals surface area contributed by atoms with Gasteiger partial charge in [0.25, 0.3) is 0 Å². The molecule has 19 heavy (non-hydrogen) atoms. The molecule has 4 heteroatoms. The fourth-order valence-electron chi connectivity index (χ4n) is 2.02. The van der Waals surface area contributed by atoms with Crippen molar-refractivity contribution in [2.24, 2.45) is 0 Å². The molecule has 1 rings (SSSR count). The highest BCUT2D eigenvalue weighted by Gasteiger charge is 2.17. The van der Waals surface area contributed by atoms with Gasteiger partial charge >= 0.3 is 0 Å². The number of hydrogen-bond acceptors (Lipinski definition) is 2. The van der Waals surface area contributed by atoms with Gasteiger partial charge < -0.3 is 9.47 Å². The quantitative estimate of drug-likeness (QED) is 0.478. The van der Waals surface area contributed by atoms with Crippen LogP contribution in [0.3, 0.4) is 0 Å². The van der Waals surface area contributed by atoms with E-state index < -0.39 is 0 Å². The Morgan fingerprint density at radius 1 is 1.11 bits per heavy atom. The summed E-state index contributed by atoms with van der Waals surface area (Å²) in [4.78, 5) is 0.0177. The van der Waals surface area contributed by atoms with Crippen LogP contribution in [0.1, 0.15) is 49.4 Å². The predicted molar refractivity (Wildman–Crippen MR) is 79.9 cm³/mol. The van der Waals surface area contributed by atoms with E-state index in [1.807, 2.05) is 0 Å². The van der Waals surface area contributed by atoms with Crippen LogP contribution < -0.4 is 9.47 Å². The molecule has 1 aromatic rings. The first kappa shape index (κ1) is 16.3. The van der Waals surface area contributed by atoms with Crippen molar-refractivity contribution in [1.82, 2.24) is 0 Å². The first-order chi connectivity index (χ1) is 9.13. The largest absolute Gasteiger partial charge is 0.493 e. The molecule has 2 nitrogen and oxygen atoms in total. The van der Waals surface area contributed by atoms with Crippen molar-refractivity contribution < 1.29 is 13.9 Å². The summed E-state index contributed by atoms with van der Waals surface area (Å²) in [5.74, 6) is 0.737. The lowest BCUT2D eigenvalue weighted by atomic mass is 10.0. The highest BCUT2D eigenvalue weighted by atomic mass is 79.9. The SMILES string of the molecule is CCCCCCC(Br)c1cc(OC)c(OC)cc1F. The molecule has 0 heterocycles. The van der Waals surface area contributed by atoms with Crippen molar-refractivity contribution in [2.45, 2.75) is 43.9 Å². The van der Waals surface area contributed by atoms with Gasteiger partial charge in [0.2, 0.25) is 0 Å². The molecule has 0 saturated carbocycles. The van der Waals surface area contributed by atoms with Gasteiger partial charge in [-0.05, 0) is 12.5 Å². The zero-order valence-corrected chi connectivity index (χ0v) is 13.4. The minimum Gasteiger partial charge on any atom is -0.493 e. The Morgan fingerprint density at radius 3 is 2.32 bits per heavy atom. The van der Waals surface area contributed by atoms with Crippen molar-refractivity contribution in [2.75, 3.05) is 14.2 Å². The normalized spacial score (nSPS) is 12.3. The summed E-state index contributed by atoms with van der Waals surface area (Å²) in [6, 6.07) is 3.10. The number of hydrogen-bond donors (Lipinski definition) is 0. The second kappa shape index (κ2) is 8.41. The maximum Gasteiger partial charge on any atom is 0.163 e. The van der Waals surface area contributed by atoms with E-state index in [9.17, 15) is 4.39 Å². The molecule has 1 atom stereocenters. The zero-order valence-electron chi connectivity index (χ0n) is 11.8. The Morgan fingerprint density at radius 2 is 1.74 bits per heavy atom. The average molecular weight is 333 g/mol. The zero-order chi connectivity index (χ0) is 14.3. The molecule has 108 valence electrons. The maximum absolute atomic E-state index is 14.0. The summed E-state index contributed by atoms with van der Waals surface area (Å²) in [5, 5.41) is 0. The van der Waals surface area contributed by atoms with Gasteiger partial charge in [0, 0.05) is 16.5 Å². The lowest BCUT2D eigenvalue weighted by Gasteiger charge is -2.15. The third kappa shape index (κ3) is 4.68. The molecular formula is C15H22BrFO2. The van der Waals surface area contributed by atoms with E-state index in [-0.39, 0.29) is 10.6 Å². The summed E-state index contributed by atoms with van der Waals surface area (Å²) in [7, 11) is 3.07. The molecular weight excluding hydrogens is 311 g/mol. The molecule has 0 radical (unpaired) electrons. The molecule has 0 bridgehead atoms. The third-order valence-electron chi connectivity index (χ3n) is 3.15. The standard InChI is InChI=1S/C15H22BrFO2/c1-4-5-6-7-8-12(16)11-9-14(18-2)15(19-3)10-13(11)17/h9-10,12H,4-8H2,1-3H3. The van der Waals surface area contributed by atoms with Gasteiger partial charge in [0.1, 0.15) is 5.82 Å². The van der Waals surface area contributed by atoms with Gasteiger partial charge in [-0.15, -0.1) is 0 Å². The van der Waals surface area contributed by atoms with E-state index in [0.717, 1.165) is 12.8 Å². The monoisotopic (exact) mass is 332 g/mol. The number of methoxy groups -OCH3 is 2. The van der Waals surface area contributed by atoms with Crippen LogP contribution >= 0.6 is 15.9 Å². The Kier molecular flexibility index (Phi) is 7.21. The molecule has 1 aromatic carbocycles. The highest BCUT2D eigenvalue weighted by Crippen LogP contribution is 2.37. The van der Waals surface area contributed by atoms with Crippen molar-refractivity contribution in [3.8, 4) is 11.5 Å². The molecule has 0 aromatic heterocycles. The van der Waals surface area contributed by atoms with Crippen molar-refractivity contribution in [3.63, 3.8) is 0 Å². The van der Waals surface area contributed by atoms with Crippen LogP contribution in [0.4, 0.5) is 4.39 Å². The Bertz CT molecular complexity index is 396. The summed E-state index contributed by atoms with van der Waals surface area (Å²) < 4.78 is 24.3. The molecule has 0 aliphatic rings. The van der Waals surface area contributed by atoms with E-state index in [1.165, 1.54) is 32.4 Å². The summed E-state index contributed by atoms with van der Waals surface area (Å²) in [6.45, 7) is 2.18. The maximum atomic E-state index is 14.0. The number of unbranched alkanes of at least 4 members (excludes halogenated alkanes) is 3. The van der Waals surface area contributed by atoms with Crippen LogP contribution in [-0.2, 0) is 0 Å². The van der Waals surface area contributed by atoms with E-state index in [2.05, 4.69) is 22.9 Å². The summed E-state index contributed by atoms with van der Waals surface area (Å²) in [6.07, 6.45) is 5.64. The van der Waals surface area contributed by atoms with Crippen molar-refractivity contribution >= 4 is 15.9 Å². The first-order valence-electron chi connectivity index (χ1n) is 6.69. The van der Waals surface area contributed by atoms with Gasteiger partial charge in [0.15, 0.2) is 11.5 Å². The smallest absolute Gasteiger partial charge is 0.163 e. The average Bonchev–Trinajstić information content (AvgIpc) is 2.42. The number of alkyl halides is 1. The van der Waals surface area contributed by atoms with Gasteiger partial charge in [0.05, 0.1) is 14.2 Å². The van der Waals surface area contributed by atoms with Gasteiger partial charge in [-0.3, -0.25) is 0 Å². The number of benzene rings is 1. The van der Waals surface area contributed by atoms with Crippen molar-refractivity contribution in [3.05, 3.63) is 23.5 Å². The van der Waals surface area contributed by atoms with E-state index >= 15 is 0 Å². The third-order valence-corrected chi connectivity index (χ3v) is 4.10. The Labute approximate surface area is 123 Å². The second-order valence-corrected chi connectivity index (χ2v) is 5.65. The van der Waals surface area contributed by atoms with Crippen LogP contribution in [0.2, 0.25) is 0 Å². The predicted octanol–water partition coefficient (Wildman–Crippen LogP) is 5.25. The molecule has 0 aliphatic heterocycles. The summed E-state index contributed by atoms with van der Waals surface area (Å²) >= 11 is 3.56. The molecule has 1 unspecified atom stereocenters. The number of ether oxygens (including phenoxy) is 2. The minimum absolute atomic E-state index is 0.0177. The van der Waals surface area contributed by atoms with E-state index in [4.69, 9.17) is 9.47 Å². The highest BCUT2D eigenvalue weighted by molar-refractivity contribution is 9.09. The van der Waals surface area contributed by atoms with E-state index in [0.29, 0.717) is 17.1 Å². The topological polar surface area (TPSA) is 18.5 Å². The number of halogens is 2. The molecule has 0 saturated heterocycles. The number of rotatable bonds is 8. The van der Waals surface area contributed by atoms with Crippen LogP contribution in [0, 0.1) is 5.82 Å². The van der Waals surface area contributed by atoms with Crippen LogP contribution in [0.5, 0.6) is 11.5 Å². The van der Waals surface area contributed by atoms with Crippen LogP contribution in [0.15, 0.2) is 12.1 Å². The van der Waals surface area contributed by atoms with E-state index in [1.54, 1.807) is 13.2 Å². The van der Waals surface area contributed by atoms with Crippen LogP contribution in [0.25, 0.3) is 0 Å². The van der Waals surface area contributed by atoms with Crippen LogP contribution in [-0.4, -0.2) is 14.2 Å². The molecule has 0 N–H and O–H groups in total. The molecule has 0 spiro atoms. The summed E-state index contributed by atoms with van der Waals surface area (Å²) in [5.41, 5.74) is 0.633. The van der Waals surface area contributed by atoms with Gasteiger partial charge in [-0.2, -0.15) is 0 Å². The minimum atomic E-state index is -0.255. The Balaban J connectivity index is 2.76. The van der Waals surface area contributed by atoms with Crippen molar-refractivity contribution in [1.29, 1.82) is 0 Å². The molecule has 0 aliphatic carbocycles. The molecule has 0 amide bonds. The fourth-order valence-corrected chi connectivity index (χ4v) is 2.69. The van der Waals surface area contributed by atoms with Gasteiger partial charge in [-0.1, -0.05) is 48.5 Å². The van der Waals surface area contributed by atoms with Gasteiger partial charge in [-0.25, -0.2) is 4.39 Å². The second-order valence-electron chi connectivity index (χ2n) is 4.55. The Hall–Kier alpha value is -0.770.